The minimum atomic E-state index is -0.196. The van der Waals surface area contributed by atoms with E-state index in [1.807, 2.05) is 20.8 Å². The lowest BCUT2D eigenvalue weighted by Gasteiger charge is -2.20. The first kappa shape index (κ1) is 18.9. The van der Waals surface area contributed by atoms with Gasteiger partial charge in [-0.1, -0.05) is 38.5 Å². The fourth-order valence-electron chi connectivity index (χ4n) is 2.13. The van der Waals surface area contributed by atoms with E-state index in [1.165, 1.54) is 25.7 Å². The van der Waals surface area contributed by atoms with Crippen molar-refractivity contribution >= 4 is 11.8 Å². The normalized spacial score (nSPS) is 11.3. The number of nitrogens with one attached hydrogen (secondary N) is 1. The van der Waals surface area contributed by atoms with Crippen LogP contribution in [0.1, 0.15) is 85.0 Å². The Morgan fingerprint density at radius 3 is 1.60 bits per heavy atom. The Morgan fingerprint density at radius 1 is 0.800 bits per heavy atom. The molecule has 0 radical (unpaired) electrons. The number of unbranched alkanes of at least 4 members (excludes halogenated alkanes) is 7. The predicted octanol–water partition coefficient (Wildman–Crippen LogP) is 3.29. The SMILES string of the molecule is CC(C)(C)NC(=O)CCCCCCCCCCC(N)=O. The maximum atomic E-state index is 11.6. The molecule has 0 saturated carbocycles. The Morgan fingerprint density at radius 2 is 1.20 bits per heavy atom. The summed E-state index contributed by atoms with van der Waals surface area (Å²) in [5.74, 6) is -0.0394. The molecular formula is C16H32N2O2. The molecule has 4 heteroatoms. The summed E-state index contributed by atoms with van der Waals surface area (Å²) in [6.07, 6.45) is 10.1. The minimum absolute atomic E-state index is 0.123. The maximum Gasteiger partial charge on any atom is 0.220 e. The van der Waals surface area contributed by atoms with Gasteiger partial charge in [-0.05, 0) is 33.6 Å². The van der Waals surface area contributed by atoms with Gasteiger partial charge in [0.2, 0.25) is 11.8 Å². The van der Waals surface area contributed by atoms with Gasteiger partial charge in [-0.25, -0.2) is 0 Å². The lowest BCUT2D eigenvalue weighted by molar-refractivity contribution is -0.122. The van der Waals surface area contributed by atoms with Gasteiger partial charge < -0.3 is 11.1 Å². The summed E-state index contributed by atoms with van der Waals surface area (Å²) in [4.78, 5) is 22.1. The summed E-state index contributed by atoms with van der Waals surface area (Å²) in [5.41, 5.74) is 4.96. The highest BCUT2D eigenvalue weighted by atomic mass is 16.2. The molecule has 0 heterocycles. The monoisotopic (exact) mass is 284 g/mol. The zero-order valence-electron chi connectivity index (χ0n) is 13.5. The van der Waals surface area contributed by atoms with Gasteiger partial charge in [0.15, 0.2) is 0 Å². The number of amides is 2. The number of rotatable bonds is 11. The molecule has 0 atom stereocenters. The zero-order chi connectivity index (χ0) is 15.4. The third kappa shape index (κ3) is 15.0. The van der Waals surface area contributed by atoms with E-state index < -0.39 is 0 Å². The molecule has 3 N–H and O–H groups in total. The molecule has 0 saturated heterocycles. The van der Waals surface area contributed by atoms with Gasteiger partial charge in [0.05, 0.1) is 0 Å². The number of hydrogen-bond acceptors (Lipinski definition) is 2. The van der Waals surface area contributed by atoms with Crippen LogP contribution in [0, 0.1) is 0 Å². The van der Waals surface area contributed by atoms with Gasteiger partial charge >= 0.3 is 0 Å². The summed E-state index contributed by atoms with van der Waals surface area (Å²) < 4.78 is 0. The van der Waals surface area contributed by atoms with Crippen LogP contribution in [-0.4, -0.2) is 17.4 Å². The summed E-state index contributed by atoms with van der Waals surface area (Å²) in [5, 5.41) is 2.98. The maximum absolute atomic E-state index is 11.6. The molecule has 0 unspecified atom stereocenters. The first-order chi connectivity index (χ1) is 9.31. The Balaban J connectivity index is 3.25. The van der Waals surface area contributed by atoms with Crippen molar-refractivity contribution in [3.05, 3.63) is 0 Å². The second-order valence-electron chi connectivity index (χ2n) is 6.59. The molecule has 0 aromatic heterocycles. The van der Waals surface area contributed by atoms with Gasteiger partial charge in [0, 0.05) is 18.4 Å². The summed E-state index contributed by atoms with van der Waals surface area (Å²) in [6, 6.07) is 0. The van der Waals surface area contributed by atoms with Crippen LogP contribution in [0.25, 0.3) is 0 Å². The summed E-state index contributed by atoms with van der Waals surface area (Å²) in [6.45, 7) is 6.01. The lowest BCUT2D eigenvalue weighted by atomic mass is 10.1. The Bertz CT molecular complexity index is 283. The fraction of sp³-hybridized carbons (Fsp3) is 0.875. The minimum Gasteiger partial charge on any atom is -0.370 e. The topological polar surface area (TPSA) is 72.2 Å². The molecule has 0 aliphatic heterocycles. The highest BCUT2D eigenvalue weighted by Gasteiger charge is 2.12. The van der Waals surface area contributed by atoms with Crippen molar-refractivity contribution in [1.29, 1.82) is 0 Å². The molecule has 20 heavy (non-hydrogen) atoms. The van der Waals surface area contributed by atoms with Crippen molar-refractivity contribution in [2.24, 2.45) is 5.73 Å². The standard InChI is InChI=1S/C16H32N2O2/c1-16(2,3)18-15(20)13-11-9-7-5-4-6-8-10-12-14(17)19/h4-13H2,1-3H3,(H2,17,19)(H,18,20). The van der Waals surface area contributed by atoms with Crippen molar-refractivity contribution in [2.75, 3.05) is 0 Å². The van der Waals surface area contributed by atoms with E-state index in [-0.39, 0.29) is 17.4 Å². The van der Waals surface area contributed by atoms with E-state index in [9.17, 15) is 9.59 Å². The molecule has 0 aromatic rings. The highest BCUT2D eigenvalue weighted by Crippen LogP contribution is 2.11. The molecule has 2 amide bonds. The quantitative estimate of drug-likeness (QED) is 0.571. The Hall–Kier alpha value is -1.06. The first-order valence-electron chi connectivity index (χ1n) is 7.90. The second-order valence-corrected chi connectivity index (χ2v) is 6.59. The predicted molar refractivity (Wildman–Crippen MR) is 83.3 cm³/mol. The van der Waals surface area contributed by atoms with Crippen LogP contribution in [0.2, 0.25) is 0 Å². The smallest absolute Gasteiger partial charge is 0.220 e. The fourth-order valence-corrected chi connectivity index (χ4v) is 2.13. The van der Waals surface area contributed by atoms with Crippen molar-refractivity contribution in [1.82, 2.24) is 5.32 Å². The van der Waals surface area contributed by atoms with E-state index in [0.717, 1.165) is 25.7 Å². The van der Waals surface area contributed by atoms with Gasteiger partial charge in [0.1, 0.15) is 0 Å². The van der Waals surface area contributed by atoms with Crippen LogP contribution < -0.4 is 11.1 Å². The van der Waals surface area contributed by atoms with Gasteiger partial charge in [-0.15, -0.1) is 0 Å². The number of primary amides is 1. The molecule has 0 aliphatic carbocycles. The van der Waals surface area contributed by atoms with E-state index in [1.54, 1.807) is 0 Å². The molecule has 0 spiro atoms. The second kappa shape index (κ2) is 10.7. The molecule has 4 nitrogen and oxygen atoms in total. The van der Waals surface area contributed by atoms with Crippen molar-refractivity contribution in [3.8, 4) is 0 Å². The van der Waals surface area contributed by atoms with Crippen LogP contribution >= 0.6 is 0 Å². The summed E-state index contributed by atoms with van der Waals surface area (Å²) in [7, 11) is 0. The van der Waals surface area contributed by atoms with E-state index in [2.05, 4.69) is 5.32 Å². The average molecular weight is 284 g/mol. The zero-order valence-corrected chi connectivity index (χ0v) is 13.5. The third-order valence-electron chi connectivity index (χ3n) is 3.09. The average Bonchev–Trinajstić information content (AvgIpc) is 2.28. The van der Waals surface area contributed by atoms with Crippen LogP contribution in [-0.2, 0) is 9.59 Å². The number of nitrogens with two attached hydrogens (primary N) is 1. The van der Waals surface area contributed by atoms with Crippen LogP contribution in [0.3, 0.4) is 0 Å². The summed E-state index contributed by atoms with van der Waals surface area (Å²) >= 11 is 0. The Kier molecular flexibility index (Phi) is 10.1. The van der Waals surface area contributed by atoms with Crippen LogP contribution in [0.15, 0.2) is 0 Å². The van der Waals surface area contributed by atoms with Gasteiger partial charge in [-0.2, -0.15) is 0 Å². The molecule has 0 aliphatic rings. The first-order valence-corrected chi connectivity index (χ1v) is 7.90. The van der Waals surface area contributed by atoms with Crippen LogP contribution in [0.5, 0.6) is 0 Å². The van der Waals surface area contributed by atoms with Gasteiger partial charge in [-0.3, -0.25) is 9.59 Å². The molecule has 118 valence electrons. The molecular weight excluding hydrogens is 252 g/mol. The molecule has 0 rings (SSSR count). The molecule has 0 fully saturated rings. The lowest BCUT2D eigenvalue weighted by Crippen LogP contribution is -2.40. The number of hydrogen-bond donors (Lipinski definition) is 2. The third-order valence-corrected chi connectivity index (χ3v) is 3.09. The van der Waals surface area contributed by atoms with Crippen molar-refractivity contribution in [3.63, 3.8) is 0 Å². The molecule has 0 aromatic carbocycles. The Labute approximate surface area is 123 Å². The van der Waals surface area contributed by atoms with Crippen LogP contribution in [0.4, 0.5) is 0 Å². The molecule has 0 bridgehead atoms. The van der Waals surface area contributed by atoms with E-state index in [0.29, 0.717) is 12.8 Å². The van der Waals surface area contributed by atoms with E-state index in [4.69, 9.17) is 5.73 Å². The van der Waals surface area contributed by atoms with E-state index >= 15 is 0 Å². The van der Waals surface area contributed by atoms with Gasteiger partial charge in [0.25, 0.3) is 0 Å². The highest BCUT2D eigenvalue weighted by molar-refractivity contribution is 5.76. The number of carbonyl (C=O) groups excluding carboxylic acids is 2. The van der Waals surface area contributed by atoms with Crippen molar-refractivity contribution < 1.29 is 9.59 Å². The van der Waals surface area contributed by atoms with Crippen molar-refractivity contribution in [2.45, 2.75) is 90.5 Å². The number of carbonyl (C=O) groups is 2. The largest absolute Gasteiger partial charge is 0.370 e.